The summed E-state index contributed by atoms with van der Waals surface area (Å²) in [5.74, 6) is -0.0574. The Morgan fingerprint density at radius 1 is 1.28 bits per heavy atom. The smallest absolute Gasteiger partial charge is 0.341 e. The number of amides is 1. The number of fused-ring (bicyclic) bond motifs is 1. The first-order valence-corrected chi connectivity index (χ1v) is 12.9. The summed E-state index contributed by atoms with van der Waals surface area (Å²) in [5, 5.41) is 11.3. The van der Waals surface area contributed by atoms with Crippen LogP contribution in [-0.2, 0) is 22.4 Å². The first-order chi connectivity index (χ1) is 15.5. The summed E-state index contributed by atoms with van der Waals surface area (Å²) in [6.07, 6.45) is 2.74. The third kappa shape index (κ3) is 4.97. The molecule has 168 valence electrons. The SMILES string of the molecule is CCOC(=O)c1c(NC(=O)C(Sc2nnc(N)s2)c2ccccc2)sc2c1CCC(C)C2. The molecule has 3 N–H and O–H groups in total. The van der Waals surface area contributed by atoms with Crippen LogP contribution in [-0.4, -0.2) is 28.7 Å². The number of nitrogens with one attached hydrogen (secondary N) is 1. The van der Waals surface area contributed by atoms with Gasteiger partial charge in [0.1, 0.15) is 10.3 Å². The number of aromatic nitrogens is 2. The van der Waals surface area contributed by atoms with Crippen molar-refractivity contribution < 1.29 is 14.3 Å². The molecule has 0 spiro atoms. The summed E-state index contributed by atoms with van der Waals surface area (Å²) in [6, 6.07) is 9.48. The Hall–Kier alpha value is -2.43. The van der Waals surface area contributed by atoms with E-state index in [0.29, 0.717) is 26.0 Å². The van der Waals surface area contributed by atoms with Gasteiger partial charge in [0.25, 0.3) is 0 Å². The number of ether oxygens (including phenoxy) is 1. The minimum Gasteiger partial charge on any atom is -0.462 e. The van der Waals surface area contributed by atoms with Crippen LogP contribution < -0.4 is 11.1 Å². The van der Waals surface area contributed by atoms with Crippen LogP contribution in [0.4, 0.5) is 10.1 Å². The number of nitrogen functional groups attached to an aromatic ring is 1. The van der Waals surface area contributed by atoms with Crippen LogP contribution in [0.5, 0.6) is 0 Å². The lowest BCUT2D eigenvalue weighted by molar-refractivity contribution is -0.115. The lowest BCUT2D eigenvalue weighted by atomic mass is 9.88. The second-order valence-corrected chi connectivity index (χ2v) is 11.0. The van der Waals surface area contributed by atoms with Crippen LogP contribution in [0, 0.1) is 5.92 Å². The minimum absolute atomic E-state index is 0.229. The van der Waals surface area contributed by atoms with E-state index in [9.17, 15) is 9.59 Å². The minimum atomic E-state index is -0.573. The van der Waals surface area contributed by atoms with E-state index >= 15 is 0 Å². The van der Waals surface area contributed by atoms with Gasteiger partial charge in [0, 0.05) is 4.88 Å². The van der Waals surface area contributed by atoms with E-state index < -0.39 is 5.25 Å². The monoisotopic (exact) mass is 488 g/mol. The molecule has 7 nitrogen and oxygen atoms in total. The predicted molar refractivity (Wildman–Crippen MR) is 129 cm³/mol. The Balaban J connectivity index is 1.66. The van der Waals surface area contributed by atoms with Gasteiger partial charge in [-0.3, -0.25) is 4.79 Å². The molecule has 2 heterocycles. The number of carbonyl (C=O) groups is 2. The maximum absolute atomic E-state index is 13.5. The normalized spacial score (nSPS) is 16.2. The van der Waals surface area contributed by atoms with E-state index in [-0.39, 0.29) is 18.5 Å². The number of thiophene rings is 1. The Kier molecular flexibility index (Phi) is 7.12. The molecule has 4 rings (SSSR count). The topological polar surface area (TPSA) is 107 Å². The van der Waals surface area contributed by atoms with Crippen molar-refractivity contribution in [3.05, 3.63) is 51.9 Å². The van der Waals surface area contributed by atoms with Crippen molar-refractivity contribution in [2.45, 2.75) is 42.7 Å². The molecule has 1 aliphatic rings. The molecular formula is C22H24N4O3S3. The summed E-state index contributed by atoms with van der Waals surface area (Å²) in [5.41, 5.74) is 8.07. The van der Waals surface area contributed by atoms with E-state index in [0.717, 1.165) is 35.3 Å². The van der Waals surface area contributed by atoms with Crippen molar-refractivity contribution in [3.63, 3.8) is 0 Å². The number of nitrogens with zero attached hydrogens (tertiary/aromatic N) is 2. The predicted octanol–water partition coefficient (Wildman–Crippen LogP) is 4.96. The Morgan fingerprint density at radius 2 is 2.06 bits per heavy atom. The standard InChI is InChI=1S/C22H24N4O3S3/c1-3-29-20(28)16-14-10-9-12(2)11-15(14)30-19(16)24-18(27)17(13-7-5-4-6-8-13)31-22-26-25-21(23)32-22/h4-8,12,17H,3,9-11H2,1-2H3,(H2,23,25)(H,24,27). The third-order valence-corrected chi connectivity index (χ3v) is 8.47. The molecule has 0 bridgehead atoms. The van der Waals surface area contributed by atoms with Gasteiger partial charge in [-0.25, -0.2) is 4.79 Å². The zero-order chi connectivity index (χ0) is 22.7. The summed E-state index contributed by atoms with van der Waals surface area (Å²) >= 11 is 4.01. The largest absolute Gasteiger partial charge is 0.462 e. The average molecular weight is 489 g/mol. The fourth-order valence-electron chi connectivity index (χ4n) is 3.71. The van der Waals surface area contributed by atoms with Crippen molar-refractivity contribution in [1.29, 1.82) is 0 Å². The van der Waals surface area contributed by atoms with Gasteiger partial charge in [-0.05, 0) is 43.2 Å². The fraction of sp³-hybridized carbons (Fsp3) is 0.364. The van der Waals surface area contributed by atoms with Crippen LogP contribution in [0.1, 0.15) is 51.9 Å². The zero-order valence-electron chi connectivity index (χ0n) is 17.8. The molecule has 0 aliphatic heterocycles. The van der Waals surface area contributed by atoms with Crippen molar-refractivity contribution in [2.24, 2.45) is 5.92 Å². The molecule has 3 aromatic rings. The van der Waals surface area contributed by atoms with E-state index in [1.807, 2.05) is 30.3 Å². The quantitative estimate of drug-likeness (QED) is 0.358. The summed E-state index contributed by atoms with van der Waals surface area (Å²) < 4.78 is 5.93. The second kappa shape index (κ2) is 10.0. The number of esters is 1. The fourth-order valence-corrected chi connectivity index (χ4v) is 6.94. The van der Waals surface area contributed by atoms with Crippen molar-refractivity contribution in [3.8, 4) is 0 Å². The first kappa shape index (κ1) is 22.8. The summed E-state index contributed by atoms with van der Waals surface area (Å²) in [6.45, 7) is 4.28. The Labute approximate surface area is 198 Å². The molecule has 32 heavy (non-hydrogen) atoms. The molecular weight excluding hydrogens is 464 g/mol. The second-order valence-electron chi connectivity index (χ2n) is 7.58. The lowest BCUT2D eigenvalue weighted by Crippen LogP contribution is -2.20. The highest BCUT2D eigenvalue weighted by molar-refractivity contribution is 8.02. The van der Waals surface area contributed by atoms with Crippen LogP contribution in [0.2, 0.25) is 0 Å². The number of nitrogens with two attached hydrogens (primary N) is 1. The highest BCUT2D eigenvalue weighted by Gasteiger charge is 2.31. The first-order valence-electron chi connectivity index (χ1n) is 10.4. The summed E-state index contributed by atoms with van der Waals surface area (Å²) in [4.78, 5) is 27.4. The van der Waals surface area contributed by atoms with Crippen molar-refractivity contribution >= 4 is 56.4 Å². The molecule has 0 radical (unpaired) electrons. The number of benzene rings is 1. The van der Waals surface area contributed by atoms with Gasteiger partial charge in [-0.2, -0.15) is 0 Å². The van der Waals surface area contributed by atoms with Crippen LogP contribution in [0.25, 0.3) is 0 Å². The highest BCUT2D eigenvalue weighted by atomic mass is 32.2. The van der Waals surface area contributed by atoms with Gasteiger partial charge in [0.15, 0.2) is 4.34 Å². The Bertz CT molecular complexity index is 1110. The molecule has 2 atom stereocenters. The molecule has 1 amide bonds. The van der Waals surface area contributed by atoms with Crippen molar-refractivity contribution in [1.82, 2.24) is 10.2 Å². The zero-order valence-corrected chi connectivity index (χ0v) is 20.2. The van der Waals surface area contributed by atoms with E-state index in [2.05, 4.69) is 22.4 Å². The summed E-state index contributed by atoms with van der Waals surface area (Å²) in [7, 11) is 0. The molecule has 0 fully saturated rings. The van der Waals surface area contributed by atoms with E-state index in [1.54, 1.807) is 6.92 Å². The van der Waals surface area contributed by atoms with Gasteiger partial charge >= 0.3 is 5.97 Å². The molecule has 1 aromatic carbocycles. The molecule has 0 saturated heterocycles. The number of hydrogen-bond acceptors (Lipinski definition) is 9. The Morgan fingerprint density at radius 3 is 2.75 bits per heavy atom. The number of rotatable bonds is 7. The number of carbonyl (C=O) groups excluding carboxylic acids is 2. The van der Waals surface area contributed by atoms with Crippen molar-refractivity contribution in [2.75, 3.05) is 17.7 Å². The molecule has 2 aromatic heterocycles. The van der Waals surface area contributed by atoms with Gasteiger partial charge in [0.05, 0.1) is 12.2 Å². The van der Waals surface area contributed by atoms with E-state index in [4.69, 9.17) is 10.5 Å². The number of anilines is 2. The average Bonchev–Trinajstić information content (AvgIpc) is 3.34. The van der Waals surface area contributed by atoms with Gasteiger partial charge < -0.3 is 15.8 Å². The molecule has 0 saturated carbocycles. The third-order valence-electron chi connectivity index (χ3n) is 5.21. The molecule has 10 heteroatoms. The number of thioether (sulfide) groups is 1. The molecule has 1 aliphatic carbocycles. The van der Waals surface area contributed by atoms with E-state index in [1.165, 1.54) is 34.4 Å². The van der Waals surface area contributed by atoms with Gasteiger partial charge in [-0.1, -0.05) is 60.4 Å². The van der Waals surface area contributed by atoms with Crippen LogP contribution in [0.15, 0.2) is 34.7 Å². The van der Waals surface area contributed by atoms with Gasteiger partial charge in [0.2, 0.25) is 11.0 Å². The maximum Gasteiger partial charge on any atom is 0.341 e. The maximum atomic E-state index is 13.5. The number of hydrogen-bond donors (Lipinski definition) is 2. The van der Waals surface area contributed by atoms with Crippen LogP contribution >= 0.6 is 34.4 Å². The van der Waals surface area contributed by atoms with Gasteiger partial charge in [-0.15, -0.1) is 21.5 Å². The molecule has 2 unspecified atom stereocenters. The van der Waals surface area contributed by atoms with Crippen LogP contribution in [0.3, 0.4) is 0 Å². The highest BCUT2D eigenvalue weighted by Crippen LogP contribution is 2.42. The lowest BCUT2D eigenvalue weighted by Gasteiger charge is -2.18.